The largest absolute Gasteiger partial charge is 0.392 e. The van der Waals surface area contributed by atoms with Crippen molar-refractivity contribution in [3.63, 3.8) is 0 Å². The number of aliphatic hydroxyl groups excluding tert-OH is 1. The van der Waals surface area contributed by atoms with Crippen LogP contribution in [0, 0.1) is 0 Å². The number of nitrogens with one attached hydrogen (secondary N) is 1. The van der Waals surface area contributed by atoms with Crippen LogP contribution in [0.2, 0.25) is 0 Å². The van der Waals surface area contributed by atoms with Crippen LogP contribution in [0.1, 0.15) is 24.1 Å². The number of aliphatic hydroxyl groups is 1. The Balaban J connectivity index is 2.03. The third-order valence-electron chi connectivity index (χ3n) is 3.45. The maximum atomic E-state index is 9.45. The predicted molar refractivity (Wildman–Crippen MR) is 73.4 cm³/mol. The summed E-state index contributed by atoms with van der Waals surface area (Å²) >= 11 is 0. The summed E-state index contributed by atoms with van der Waals surface area (Å²) in [5.74, 6) is 0. The van der Waals surface area contributed by atoms with Crippen LogP contribution in [0.4, 0.5) is 0 Å². The van der Waals surface area contributed by atoms with Crippen LogP contribution < -0.4 is 5.32 Å². The fourth-order valence-electron chi connectivity index (χ4n) is 2.66. The van der Waals surface area contributed by atoms with Crippen LogP contribution in [-0.2, 0) is 0 Å². The maximum Gasteiger partial charge on any atom is 0.0636 e. The Hall–Kier alpha value is -1.64. The van der Waals surface area contributed by atoms with E-state index in [4.69, 9.17) is 0 Å². The molecule has 1 unspecified atom stereocenters. The van der Waals surface area contributed by atoms with Crippen LogP contribution in [0.25, 0.3) is 11.1 Å². The van der Waals surface area contributed by atoms with Crippen molar-refractivity contribution in [1.29, 1.82) is 0 Å². The Morgan fingerprint density at radius 2 is 1.50 bits per heavy atom. The lowest BCUT2D eigenvalue weighted by Crippen LogP contribution is -2.28. The molecule has 2 nitrogen and oxygen atoms in total. The first-order valence-corrected chi connectivity index (χ1v) is 6.37. The number of rotatable bonds is 3. The molecule has 2 heteroatoms. The average Bonchev–Trinajstić information content (AvgIpc) is 2.71. The van der Waals surface area contributed by atoms with Gasteiger partial charge in [0.2, 0.25) is 0 Å². The van der Waals surface area contributed by atoms with Crippen molar-refractivity contribution in [1.82, 2.24) is 5.32 Å². The fourth-order valence-corrected chi connectivity index (χ4v) is 2.66. The Labute approximate surface area is 107 Å². The van der Waals surface area contributed by atoms with Gasteiger partial charge in [-0.1, -0.05) is 48.5 Å². The molecular weight excluding hydrogens is 222 g/mol. The fraction of sp³-hybridized carbons (Fsp3) is 0.250. The molecule has 1 aliphatic carbocycles. The highest BCUT2D eigenvalue weighted by Crippen LogP contribution is 2.42. The molecule has 0 saturated heterocycles. The number of hydrogen-bond donors (Lipinski definition) is 2. The number of benzene rings is 2. The molecule has 2 aromatic carbocycles. The zero-order valence-corrected chi connectivity index (χ0v) is 10.4. The van der Waals surface area contributed by atoms with Gasteiger partial charge in [-0.3, -0.25) is 0 Å². The van der Waals surface area contributed by atoms with E-state index >= 15 is 0 Å². The zero-order chi connectivity index (χ0) is 12.5. The zero-order valence-electron chi connectivity index (χ0n) is 10.4. The lowest BCUT2D eigenvalue weighted by Gasteiger charge is -2.16. The minimum atomic E-state index is -0.329. The molecule has 0 aromatic heterocycles. The van der Waals surface area contributed by atoms with Crippen LogP contribution in [0.3, 0.4) is 0 Å². The van der Waals surface area contributed by atoms with E-state index in [-0.39, 0.29) is 12.1 Å². The third-order valence-corrected chi connectivity index (χ3v) is 3.45. The lowest BCUT2D eigenvalue weighted by molar-refractivity contribution is 0.188. The first kappa shape index (κ1) is 11.5. The average molecular weight is 239 g/mol. The molecule has 18 heavy (non-hydrogen) atoms. The van der Waals surface area contributed by atoms with E-state index in [1.807, 2.05) is 0 Å². The molecule has 92 valence electrons. The molecule has 0 saturated carbocycles. The van der Waals surface area contributed by atoms with Gasteiger partial charge >= 0.3 is 0 Å². The van der Waals surface area contributed by atoms with Gasteiger partial charge in [0.25, 0.3) is 0 Å². The second-order valence-electron chi connectivity index (χ2n) is 4.86. The maximum absolute atomic E-state index is 9.45. The topological polar surface area (TPSA) is 32.3 Å². The van der Waals surface area contributed by atoms with E-state index in [0.29, 0.717) is 6.54 Å². The molecule has 2 N–H and O–H groups in total. The van der Waals surface area contributed by atoms with Gasteiger partial charge < -0.3 is 10.4 Å². The quantitative estimate of drug-likeness (QED) is 0.863. The van der Waals surface area contributed by atoms with E-state index in [9.17, 15) is 5.11 Å². The van der Waals surface area contributed by atoms with E-state index in [0.717, 1.165) is 0 Å². The molecule has 0 bridgehead atoms. The summed E-state index contributed by atoms with van der Waals surface area (Å²) in [5.41, 5.74) is 5.21. The van der Waals surface area contributed by atoms with E-state index in [1.54, 1.807) is 6.92 Å². The van der Waals surface area contributed by atoms with Crippen LogP contribution in [0.5, 0.6) is 0 Å². The summed E-state index contributed by atoms with van der Waals surface area (Å²) in [6.45, 7) is 2.41. The van der Waals surface area contributed by atoms with Crippen LogP contribution in [0.15, 0.2) is 48.5 Å². The van der Waals surface area contributed by atoms with Gasteiger partial charge in [0.1, 0.15) is 0 Å². The molecule has 0 aliphatic heterocycles. The normalized spacial score (nSPS) is 15.2. The third kappa shape index (κ3) is 1.84. The Bertz CT molecular complexity index is 517. The van der Waals surface area contributed by atoms with Gasteiger partial charge in [-0.15, -0.1) is 0 Å². The first-order chi connectivity index (χ1) is 8.77. The highest BCUT2D eigenvalue weighted by molar-refractivity contribution is 5.78. The SMILES string of the molecule is CC(O)CNC1c2ccccc2-c2ccccc21. The van der Waals surface area contributed by atoms with Gasteiger partial charge in [-0.05, 0) is 29.2 Å². The number of fused-ring (bicyclic) bond motifs is 3. The summed E-state index contributed by atoms with van der Waals surface area (Å²) < 4.78 is 0. The Morgan fingerprint density at radius 1 is 1.00 bits per heavy atom. The summed E-state index contributed by atoms with van der Waals surface area (Å²) in [7, 11) is 0. The Morgan fingerprint density at radius 3 is 2.00 bits per heavy atom. The minimum Gasteiger partial charge on any atom is -0.392 e. The van der Waals surface area contributed by atoms with E-state index < -0.39 is 0 Å². The number of hydrogen-bond acceptors (Lipinski definition) is 2. The van der Waals surface area contributed by atoms with Crippen LogP contribution in [-0.4, -0.2) is 17.8 Å². The molecule has 1 aliphatic rings. The highest BCUT2D eigenvalue weighted by Gasteiger charge is 2.27. The van der Waals surface area contributed by atoms with Gasteiger partial charge in [-0.2, -0.15) is 0 Å². The second kappa shape index (κ2) is 4.56. The highest BCUT2D eigenvalue weighted by atomic mass is 16.3. The van der Waals surface area contributed by atoms with Crippen molar-refractivity contribution in [3.05, 3.63) is 59.7 Å². The molecule has 0 spiro atoms. The van der Waals surface area contributed by atoms with E-state index in [1.165, 1.54) is 22.3 Å². The predicted octanol–water partition coefficient (Wildman–Crippen LogP) is 2.73. The second-order valence-corrected chi connectivity index (χ2v) is 4.86. The van der Waals surface area contributed by atoms with Gasteiger partial charge in [0.05, 0.1) is 12.1 Å². The molecule has 0 radical (unpaired) electrons. The molecular formula is C16H17NO. The van der Waals surface area contributed by atoms with Crippen LogP contribution >= 0.6 is 0 Å². The van der Waals surface area contributed by atoms with Crippen molar-refractivity contribution >= 4 is 0 Å². The minimum absolute atomic E-state index is 0.201. The molecule has 3 rings (SSSR count). The Kier molecular flexibility index (Phi) is 2.90. The first-order valence-electron chi connectivity index (χ1n) is 6.37. The molecule has 1 atom stereocenters. The molecule has 0 fully saturated rings. The summed E-state index contributed by atoms with van der Waals surface area (Å²) in [5, 5.41) is 12.9. The summed E-state index contributed by atoms with van der Waals surface area (Å²) in [6, 6.07) is 17.1. The van der Waals surface area contributed by atoms with Gasteiger partial charge in [-0.25, -0.2) is 0 Å². The van der Waals surface area contributed by atoms with Gasteiger partial charge in [0.15, 0.2) is 0 Å². The summed E-state index contributed by atoms with van der Waals surface area (Å²) in [4.78, 5) is 0. The van der Waals surface area contributed by atoms with Crippen molar-refractivity contribution < 1.29 is 5.11 Å². The molecule has 0 amide bonds. The van der Waals surface area contributed by atoms with Crippen molar-refractivity contribution in [2.75, 3.05) is 6.54 Å². The van der Waals surface area contributed by atoms with Gasteiger partial charge in [0, 0.05) is 6.54 Å². The summed E-state index contributed by atoms with van der Waals surface area (Å²) in [6.07, 6.45) is -0.329. The standard InChI is InChI=1S/C16H17NO/c1-11(18)10-17-16-14-8-4-2-6-12(14)13-7-3-5-9-15(13)16/h2-9,11,16-18H,10H2,1H3. The van der Waals surface area contributed by atoms with E-state index in [2.05, 4.69) is 53.8 Å². The lowest BCUT2D eigenvalue weighted by atomic mass is 10.1. The smallest absolute Gasteiger partial charge is 0.0636 e. The van der Waals surface area contributed by atoms with Crippen molar-refractivity contribution in [2.45, 2.75) is 19.1 Å². The molecule has 2 aromatic rings. The monoisotopic (exact) mass is 239 g/mol. The molecule has 0 heterocycles. The van der Waals surface area contributed by atoms with Crippen molar-refractivity contribution in [2.24, 2.45) is 0 Å². The van der Waals surface area contributed by atoms with Crippen molar-refractivity contribution in [3.8, 4) is 11.1 Å².